The van der Waals surface area contributed by atoms with Crippen molar-refractivity contribution < 1.29 is 9.26 Å². The predicted molar refractivity (Wildman–Crippen MR) is 186 cm³/mol. The fraction of sp³-hybridized carbons (Fsp3) is 0.486. The van der Waals surface area contributed by atoms with E-state index in [2.05, 4.69) is 34.8 Å². The monoisotopic (exact) mass is 677 g/mol. The van der Waals surface area contributed by atoms with Gasteiger partial charge in [0.15, 0.2) is 22.9 Å². The minimum Gasteiger partial charge on any atom is -0.474 e. The molecule has 0 amide bonds. The smallest absolute Gasteiger partial charge is 0.246 e. The van der Waals surface area contributed by atoms with Gasteiger partial charge in [0, 0.05) is 34.8 Å². The molecule has 4 N–H and O–H groups in total. The Labute approximate surface area is 287 Å². The summed E-state index contributed by atoms with van der Waals surface area (Å²) in [5.41, 5.74) is 17.2. The molecule has 252 valence electrons. The molecule has 5 aromatic rings. The van der Waals surface area contributed by atoms with Gasteiger partial charge >= 0.3 is 0 Å². The first-order valence-corrected chi connectivity index (χ1v) is 18.1. The highest BCUT2D eigenvalue weighted by molar-refractivity contribution is 7.16. The third kappa shape index (κ3) is 4.55. The number of nitrogens with two attached hydrogens (primary N) is 2. The molecule has 9 rings (SSSR count). The molecule has 13 nitrogen and oxygen atoms in total. The summed E-state index contributed by atoms with van der Waals surface area (Å²) in [6, 6.07) is 6.68. The Hall–Kier alpha value is -4.74. The van der Waals surface area contributed by atoms with Crippen LogP contribution in [0, 0.1) is 11.3 Å². The maximum atomic E-state index is 10.2. The van der Waals surface area contributed by atoms with Crippen LogP contribution in [0.5, 0.6) is 5.88 Å². The number of nitriles is 1. The molecule has 1 fully saturated rings. The lowest BCUT2D eigenvalue weighted by Crippen LogP contribution is -2.35. The Bertz CT molecular complexity index is 2140. The van der Waals surface area contributed by atoms with Crippen LogP contribution in [0.2, 0.25) is 0 Å². The van der Waals surface area contributed by atoms with Crippen LogP contribution in [0.15, 0.2) is 22.9 Å². The average molecular weight is 678 g/mol. The van der Waals surface area contributed by atoms with Crippen LogP contribution in [0.4, 0.5) is 16.6 Å². The van der Waals surface area contributed by atoms with Crippen LogP contribution >= 0.6 is 11.3 Å². The van der Waals surface area contributed by atoms with E-state index in [0.29, 0.717) is 65.2 Å². The van der Waals surface area contributed by atoms with Gasteiger partial charge in [-0.25, -0.2) is 19.6 Å². The number of nitrogens with zero attached hydrogens (tertiary/aromatic N) is 9. The Morgan fingerprint density at radius 3 is 2.82 bits per heavy atom. The number of aromatic nitrogens is 6. The van der Waals surface area contributed by atoms with Crippen molar-refractivity contribution in [3.8, 4) is 23.5 Å². The predicted octanol–water partition coefficient (Wildman–Crippen LogP) is 4.99. The second kappa shape index (κ2) is 11.4. The highest BCUT2D eigenvalue weighted by Crippen LogP contribution is 2.55. The molecule has 0 aromatic carbocycles. The maximum Gasteiger partial charge on any atom is 0.246 e. The standard InChI is InChI=1S/C35H39N11O2S/c1-19(23-9-6-14-44(23)2)46-33-25-32(45(15-16-47-34(25)42-46)18-20-7-5-13-39-29(20)37)40-31(41-33)27-21-8-3-11-35(28(21)48-43-27)12-4-10-24-26(35)22(17-36)30(38)49-24/h5,7,13,19,23H,3-4,6,8-12,14-16,18,38H2,1-2H3,(H2,37,39)/t19-,23-,35-/m0/s1. The molecular formula is C35H39N11O2S. The normalized spacial score (nSPS) is 22.5. The summed E-state index contributed by atoms with van der Waals surface area (Å²) < 4.78 is 14.7. The van der Waals surface area contributed by atoms with Crippen molar-refractivity contribution in [2.75, 3.05) is 43.1 Å². The summed E-state index contributed by atoms with van der Waals surface area (Å²) in [6.07, 6.45) is 9.36. The van der Waals surface area contributed by atoms with E-state index in [0.717, 1.165) is 91.6 Å². The average Bonchev–Trinajstić information content (AvgIpc) is 3.87. The fourth-order valence-electron chi connectivity index (χ4n) is 8.94. The zero-order valence-corrected chi connectivity index (χ0v) is 28.6. The van der Waals surface area contributed by atoms with Gasteiger partial charge in [-0.15, -0.1) is 16.4 Å². The van der Waals surface area contributed by atoms with Crippen LogP contribution in [0.25, 0.3) is 22.6 Å². The molecule has 5 aromatic heterocycles. The molecule has 1 spiro atoms. The van der Waals surface area contributed by atoms with Crippen molar-refractivity contribution in [1.29, 1.82) is 5.26 Å². The van der Waals surface area contributed by atoms with Crippen molar-refractivity contribution in [3.05, 3.63) is 51.2 Å². The van der Waals surface area contributed by atoms with E-state index in [-0.39, 0.29) is 6.04 Å². The van der Waals surface area contributed by atoms with Crippen molar-refractivity contribution >= 4 is 39.0 Å². The van der Waals surface area contributed by atoms with Gasteiger partial charge < -0.3 is 30.5 Å². The number of likely N-dealkylation sites (N-methyl/N-ethyl adjacent to an activating group) is 1. The van der Waals surface area contributed by atoms with Crippen LogP contribution in [-0.4, -0.2) is 67.6 Å². The minimum absolute atomic E-state index is 0.0494. The van der Waals surface area contributed by atoms with Crippen molar-refractivity contribution in [3.63, 3.8) is 0 Å². The number of rotatable bonds is 5. The molecule has 2 aliphatic carbocycles. The minimum atomic E-state index is -0.435. The molecule has 0 radical (unpaired) electrons. The molecule has 3 atom stereocenters. The number of anilines is 3. The number of likely N-dealkylation sites (tertiary alicyclic amines) is 1. The first-order chi connectivity index (χ1) is 23.9. The van der Waals surface area contributed by atoms with Gasteiger partial charge in [-0.1, -0.05) is 11.2 Å². The van der Waals surface area contributed by atoms with Crippen LogP contribution < -0.4 is 21.1 Å². The molecule has 4 aliphatic rings. The molecular weight excluding hydrogens is 639 g/mol. The summed E-state index contributed by atoms with van der Waals surface area (Å²) in [5, 5.41) is 21.4. The lowest BCUT2D eigenvalue weighted by molar-refractivity contribution is 0.227. The van der Waals surface area contributed by atoms with Crippen LogP contribution in [0.1, 0.15) is 84.4 Å². The highest BCUT2D eigenvalue weighted by Gasteiger charge is 2.49. The number of hydrogen-bond acceptors (Lipinski definition) is 13. The van der Waals surface area contributed by atoms with E-state index >= 15 is 0 Å². The number of fused-ring (bicyclic) bond motifs is 4. The quantitative estimate of drug-likeness (QED) is 0.256. The summed E-state index contributed by atoms with van der Waals surface area (Å²) in [4.78, 5) is 20.6. The van der Waals surface area contributed by atoms with Crippen molar-refractivity contribution in [1.82, 2.24) is 34.8 Å². The van der Waals surface area contributed by atoms with E-state index in [1.165, 1.54) is 4.88 Å². The van der Waals surface area contributed by atoms with Gasteiger partial charge in [0.25, 0.3) is 0 Å². The zero-order valence-electron chi connectivity index (χ0n) is 27.8. The van der Waals surface area contributed by atoms with Gasteiger partial charge in [-0.3, -0.25) is 0 Å². The lowest BCUT2D eigenvalue weighted by atomic mass is 9.63. The molecule has 14 heteroatoms. The second-order valence-electron chi connectivity index (χ2n) is 13.9. The van der Waals surface area contributed by atoms with E-state index in [9.17, 15) is 5.26 Å². The summed E-state index contributed by atoms with van der Waals surface area (Å²) >= 11 is 1.55. The second-order valence-corrected chi connectivity index (χ2v) is 15.1. The largest absolute Gasteiger partial charge is 0.474 e. The molecule has 7 heterocycles. The topological polar surface area (TPSA) is 174 Å². The van der Waals surface area contributed by atoms with Gasteiger partial charge in [0.05, 0.1) is 23.6 Å². The first kappa shape index (κ1) is 30.3. The summed E-state index contributed by atoms with van der Waals surface area (Å²) in [5.74, 6) is 3.09. The van der Waals surface area contributed by atoms with Gasteiger partial charge in [0.1, 0.15) is 34.7 Å². The van der Waals surface area contributed by atoms with Gasteiger partial charge in [-0.2, -0.15) is 5.26 Å². The van der Waals surface area contributed by atoms with Crippen LogP contribution in [0.3, 0.4) is 0 Å². The Kier molecular flexibility index (Phi) is 7.07. The lowest BCUT2D eigenvalue weighted by Gasteiger charge is -2.39. The maximum absolute atomic E-state index is 10.2. The third-order valence-corrected chi connectivity index (χ3v) is 12.4. The highest BCUT2D eigenvalue weighted by atomic mass is 32.1. The van der Waals surface area contributed by atoms with E-state index in [4.69, 9.17) is 41.0 Å². The number of ether oxygens (including phenoxy) is 1. The van der Waals surface area contributed by atoms with E-state index in [1.54, 1.807) is 17.5 Å². The molecule has 0 bridgehead atoms. The number of aryl methyl sites for hydroxylation is 1. The molecule has 2 aliphatic heterocycles. The summed E-state index contributed by atoms with van der Waals surface area (Å²) in [6.45, 7) is 4.79. The molecule has 49 heavy (non-hydrogen) atoms. The third-order valence-electron chi connectivity index (χ3n) is 11.3. The molecule has 0 saturated carbocycles. The van der Waals surface area contributed by atoms with Gasteiger partial charge in [-0.05, 0) is 83.5 Å². The SMILES string of the molecule is C[C@@H]([C@@H]1CCCN1C)n1nc2c3c(nc(-c4noc5c4CCC[C@@]54CCCc5sc(N)c(C#N)c54)nc31)N(Cc1cccnc1N)CCO2. The number of pyridine rings is 1. The zero-order chi connectivity index (χ0) is 33.4. The fourth-order valence-corrected chi connectivity index (χ4v) is 10.1. The Balaban J connectivity index is 1.23. The molecule has 1 saturated heterocycles. The first-order valence-electron chi connectivity index (χ1n) is 17.3. The van der Waals surface area contributed by atoms with Crippen molar-refractivity contribution in [2.24, 2.45) is 0 Å². The number of nitrogen functional groups attached to an aromatic ring is 2. The number of hydrogen-bond donors (Lipinski definition) is 2. The number of thiophene rings is 1. The Morgan fingerprint density at radius 1 is 1.16 bits per heavy atom. The van der Waals surface area contributed by atoms with Crippen molar-refractivity contribution in [2.45, 2.75) is 82.3 Å². The van der Waals surface area contributed by atoms with Crippen LogP contribution in [-0.2, 0) is 24.8 Å². The summed E-state index contributed by atoms with van der Waals surface area (Å²) in [7, 11) is 2.18. The van der Waals surface area contributed by atoms with Gasteiger partial charge in [0.2, 0.25) is 5.88 Å². The van der Waals surface area contributed by atoms with E-state index < -0.39 is 5.41 Å². The van der Waals surface area contributed by atoms with E-state index in [1.807, 2.05) is 16.8 Å². The molecule has 0 unspecified atom stereocenters. The Morgan fingerprint density at radius 2 is 2.02 bits per heavy atom.